The molecule has 1 unspecified atom stereocenters. The first kappa shape index (κ1) is 34.2. The van der Waals surface area contributed by atoms with Crippen LogP contribution >= 0.6 is 0 Å². The quantitative estimate of drug-likeness (QED) is 0.109. The Balaban J connectivity index is 1.00. The highest BCUT2D eigenvalue weighted by Crippen LogP contribution is 2.38. The van der Waals surface area contributed by atoms with Gasteiger partial charge in [0.2, 0.25) is 5.82 Å². The van der Waals surface area contributed by atoms with Crippen molar-refractivity contribution in [3.8, 4) is 22.6 Å². The van der Waals surface area contributed by atoms with Crippen LogP contribution in [0.25, 0.3) is 11.1 Å². The number of nitrogens with one attached hydrogen (secondary N) is 2. The van der Waals surface area contributed by atoms with Crippen molar-refractivity contribution in [2.45, 2.75) is 44.4 Å². The fourth-order valence-corrected chi connectivity index (χ4v) is 6.20. The summed E-state index contributed by atoms with van der Waals surface area (Å²) in [6, 6.07) is 12.4. The van der Waals surface area contributed by atoms with Gasteiger partial charge in [-0.25, -0.2) is 9.78 Å². The van der Waals surface area contributed by atoms with Crippen molar-refractivity contribution in [2.24, 2.45) is 19.1 Å². The first-order valence-electron chi connectivity index (χ1n) is 16.5. The van der Waals surface area contributed by atoms with Gasteiger partial charge in [0.05, 0.1) is 38.1 Å². The van der Waals surface area contributed by atoms with Crippen molar-refractivity contribution in [3.63, 3.8) is 0 Å². The topological polar surface area (TPSA) is 162 Å². The van der Waals surface area contributed by atoms with Gasteiger partial charge in [-0.2, -0.15) is 0 Å². The van der Waals surface area contributed by atoms with Crippen molar-refractivity contribution in [3.05, 3.63) is 71.9 Å². The number of ether oxygens (including phenoxy) is 3. The molecule has 2 aliphatic rings. The molecule has 50 heavy (non-hydrogen) atoms. The molecule has 4 aromatic rings. The molecule has 2 aromatic carbocycles. The number of anilines is 2. The molecule has 0 radical (unpaired) electrons. The number of fused-ring (bicyclic) bond motifs is 2. The Morgan fingerprint density at radius 3 is 2.58 bits per heavy atom. The number of nitrogens with zero attached hydrogens (tertiary/aromatic N) is 5. The zero-order chi connectivity index (χ0) is 35.4. The number of imidazole rings is 1. The summed E-state index contributed by atoms with van der Waals surface area (Å²) < 4.78 is 19.6. The molecule has 3 N–H and O–H groups in total. The summed E-state index contributed by atoms with van der Waals surface area (Å²) in [5.41, 5.74) is 3.76. The maximum Gasteiger partial charge on any atom is 0.354 e. The molecule has 2 amide bonds. The van der Waals surface area contributed by atoms with Crippen molar-refractivity contribution >= 4 is 41.2 Å². The van der Waals surface area contributed by atoms with Gasteiger partial charge in [-0.1, -0.05) is 12.1 Å². The van der Waals surface area contributed by atoms with E-state index in [1.807, 2.05) is 29.4 Å². The number of aliphatic hydroxyl groups excluding tert-OH is 1. The number of aryl methyl sites for hydroxylation is 2. The molecule has 1 saturated heterocycles. The van der Waals surface area contributed by atoms with Crippen LogP contribution in [-0.2, 0) is 18.8 Å². The Labute approximate surface area is 289 Å². The van der Waals surface area contributed by atoms with Crippen molar-refractivity contribution in [2.75, 3.05) is 38.0 Å². The van der Waals surface area contributed by atoms with Gasteiger partial charge in [0.15, 0.2) is 11.5 Å². The number of amides is 2. The number of aliphatic hydroxyl groups is 1. The summed E-state index contributed by atoms with van der Waals surface area (Å²) in [4.78, 5) is 49.1. The predicted molar refractivity (Wildman–Crippen MR) is 188 cm³/mol. The molecule has 6 rings (SSSR count). The third kappa shape index (κ3) is 7.34. The second kappa shape index (κ2) is 14.9. The molecule has 4 heterocycles. The van der Waals surface area contributed by atoms with E-state index in [4.69, 9.17) is 14.2 Å². The molecule has 14 heteroatoms. The van der Waals surface area contributed by atoms with Crippen LogP contribution < -0.4 is 20.1 Å². The summed E-state index contributed by atoms with van der Waals surface area (Å²) in [6.07, 6.45) is 8.16. The molecule has 0 bridgehead atoms. The van der Waals surface area contributed by atoms with Crippen LogP contribution in [0.4, 0.5) is 17.2 Å². The first-order valence-corrected chi connectivity index (χ1v) is 16.5. The molecule has 2 aromatic heterocycles. The van der Waals surface area contributed by atoms with Gasteiger partial charge in [0, 0.05) is 56.6 Å². The second-order valence-corrected chi connectivity index (χ2v) is 12.3. The lowest BCUT2D eigenvalue weighted by molar-refractivity contribution is 0.0589. The minimum absolute atomic E-state index is 0.00155. The van der Waals surface area contributed by atoms with Crippen LogP contribution in [-0.4, -0.2) is 87.8 Å². The van der Waals surface area contributed by atoms with Crippen molar-refractivity contribution in [1.82, 2.24) is 19.0 Å². The number of hydrogen-bond acceptors (Lipinski definition) is 10. The average Bonchev–Trinajstić information content (AvgIpc) is 3.66. The van der Waals surface area contributed by atoms with Crippen LogP contribution in [0.3, 0.4) is 0 Å². The fourth-order valence-electron chi connectivity index (χ4n) is 6.20. The maximum absolute atomic E-state index is 13.2. The number of aromatic nitrogens is 3. The third-order valence-electron chi connectivity index (χ3n) is 8.86. The molecule has 0 saturated carbocycles. The van der Waals surface area contributed by atoms with E-state index >= 15 is 0 Å². The van der Waals surface area contributed by atoms with Gasteiger partial charge < -0.3 is 44.0 Å². The largest absolute Gasteiger partial charge is 0.493 e. The first-order chi connectivity index (χ1) is 24.1. The highest BCUT2D eigenvalue weighted by Gasteiger charge is 2.31. The van der Waals surface area contributed by atoms with Gasteiger partial charge in [0.25, 0.3) is 11.8 Å². The minimum atomic E-state index is -0.941. The minimum Gasteiger partial charge on any atom is -0.493 e. The summed E-state index contributed by atoms with van der Waals surface area (Å²) in [7, 11) is 6.34. The Bertz CT molecular complexity index is 1910. The Kier molecular flexibility index (Phi) is 10.2. The molecular weight excluding hydrogens is 642 g/mol. The van der Waals surface area contributed by atoms with Crippen LogP contribution in [0, 0.1) is 0 Å². The zero-order valence-corrected chi connectivity index (χ0v) is 28.5. The SMILES string of the molecule is COC(=O)c1cc(-c2ccc(NC(=O)c3nc(NC(O)CCCOc4cc5c(cc4OC)C(=O)N4CCCC[C@H]4C=N5)cn3C)cc2)cn1C. The van der Waals surface area contributed by atoms with Crippen LogP contribution in [0.15, 0.2) is 59.9 Å². The maximum atomic E-state index is 13.2. The van der Waals surface area contributed by atoms with Crippen molar-refractivity contribution < 1.29 is 33.7 Å². The van der Waals surface area contributed by atoms with E-state index in [9.17, 15) is 19.5 Å². The van der Waals surface area contributed by atoms with Gasteiger partial charge >= 0.3 is 5.97 Å². The second-order valence-electron chi connectivity index (χ2n) is 12.3. The number of methoxy groups -OCH3 is 2. The van der Waals surface area contributed by atoms with Gasteiger partial charge in [0.1, 0.15) is 17.7 Å². The van der Waals surface area contributed by atoms with E-state index < -0.39 is 18.1 Å². The van der Waals surface area contributed by atoms with Crippen LogP contribution in [0.5, 0.6) is 11.5 Å². The standard InChI is InChI=1S/C36H41N7O7/c1-41-20-23(16-28(41)36(47)49-4)22-10-12-24(13-11-22)38-34(45)33-40-31(21-42(33)2)39-32(44)9-7-15-50-30-18-27-26(17-29(30)48-3)35(46)43-14-6-5-8-25(43)19-37-27/h10-13,16-21,25,32,39,44H,5-9,14-15H2,1-4H3,(H,38,45)/t25-,32?/m0/s1. The number of rotatable bonds is 12. The van der Waals surface area contributed by atoms with E-state index in [2.05, 4.69) is 20.6 Å². The Morgan fingerprint density at radius 1 is 1.02 bits per heavy atom. The number of aliphatic imine (C=N–C) groups is 1. The summed E-state index contributed by atoms with van der Waals surface area (Å²) in [6.45, 7) is 0.998. The third-order valence-corrected chi connectivity index (χ3v) is 8.86. The fraction of sp³-hybridized carbons (Fsp3) is 0.361. The molecule has 14 nitrogen and oxygen atoms in total. The molecule has 0 aliphatic carbocycles. The van der Waals surface area contributed by atoms with E-state index in [1.165, 1.54) is 14.2 Å². The molecular formula is C36H41N7O7. The molecule has 2 atom stereocenters. The van der Waals surface area contributed by atoms with Gasteiger partial charge in [-0.3, -0.25) is 14.6 Å². The van der Waals surface area contributed by atoms with Gasteiger partial charge in [-0.05, 0) is 61.9 Å². The number of piperidine rings is 1. The lowest BCUT2D eigenvalue weighted by Gasteiger charge is -2.32. The van der Waals surface area contributed by atoms with E-state index in [1.54, 1.807) is 59.8 Å². The monoisotopic (exact) mass is 683 g/mol. The lowest BCUT2D eigenvalue weighted by Crippen LogP contribution is -2.43. The number of hydrogen-bond donors (Lipinski definition) is 3. The number of esters is 1. The highest BCUT2D eigenvalue weighted by molar-refractivity contribution is 6.03. The Hall–Kier alpha value is -5.63. The zero-order valence-electron chi connectivity index (χ0n) is 28.5. The summed E-state index contributed by atoms with van der Waals surface area (Å²) in [5.74, 6) is 0.538. The number of carbonyl (C=O) groups is 3. The Morgan fingerprint density at radius 2 is 1.82 bits per heavy atom. The number of carbonyl (C=O) groups excluding carboxylic acids is 3. The van der Waals surface area contributed by atoms with Gasteiger partial charge in [-0.15, -0.1) is 0 Å². The van der Waals surface area contributed by atoms with E-state index in [-0.39, 0.29) is 24.4 Å². The summed E-state index contributed by atoms with van der Waals surface area (Å²) >= 11 is 0. The van der Waals surface area contributed by atoms with E-state index in [0.29, 0.717) is 59.3 Å². The molecule has 2 aliphatic heterocycles. The van der Waals surface area contributed by atoms with Crippen molar-refractivity contribution in [1.29, 1.82) is 0 Å². The molecule has 0 spiro atoms. The van der Waals surface area contributed by atoms with E-state index in [0.717, 1.165) is 30.4 Å². The smallest absolute Gasteiger partial charge is 0.354 e. The molecule has 262 valence electrons. The normalized spacial score (nSPS) is 15.8. The van der Waals surface area contributed by atoms with Crippen LogP contribution in [0.1, 0.15) is 63.6 Å². The highest BCUT2D eigenvalue weighted by atomic mass is 16.5. The number of benzene rings is 2. The van der Waals surface area contributed by atoms with Crippen LogP contribution in [0.2, 0.25) is 0 Å². The lowest BCUT2D eigenvalue weighted by atomic mass is 10.0. The predicted octanol–water partition coefficient (Wildman–Crippen LogP) is 4.77. The average molecular weight is 684 g/mol. The molecule has 1 fully saturated rings. The summed E-state index contributed by atoms with van der Waals surface area (Å²) in [5, 5.41) is 16.4.